The van der Waals surface area contributed by atoms with Crippen LogP contribution < -0.4 is 22.1 Å². The molecule has 29 heavy (non-hydrogen) atoms. The van der Waals surface area contributed by atoms with Gasteiger partial charge in [0.1, 0.15) is 18.3 Å². The minimum Gasteiger partial charge on any atom is -0.481 e. The standard InChI is InChI=1S/C13H19N4O11P/c14-5(3-8(19)20)11(23)16-29(25,26)27-4-6-9(21)10(22)12(28-6)17-2-1-7(18)15-13(17)24/h1-2,5-6,9-10,12,21-22H,3-4,14H2,(H,19,20)(H,15,18,24)(H2,16,23,25,26)/t5-,6+,9+,10+,12+/m0/s1. The number of aromatic amines is 1. The monoisotopic (exact) mass is 438 g/mol. The van der Waals surface area contributed by atoms with E-state index < -0.39 is 74.5 Å². The first-order valence-corrected chi connectivity index (χ1v) is 9.59. The summed E-state index contributed by atoms with van der Waals surface area (Å²) in [6, 6.07) is -0.630. The Labute approximate surface area is 161 Å². The van der Waals surface area contributed by atoms with Crippen molar-refractivity contribution >= 4 is 19.6 Å². The number of rotatable bonds is 8. The molecule has 0 aliphatic carbocycles. The Kier molecular flexibility index (Phi) is 7.07. The molecule has 0 spiro atoms. The summed E-state index contributed by atoms with van der Waals surface area (Å²) in [4.78, 5) is 56.6. The molecule has 162 valence electrons. The van der Waals surface area contributed by atoms with Gasteiger partial charge in [0.25, 0.3) is 5.56 Å². The normalized spacial score (nSPS) is 27.2. The van der Waals surface area contributed by atoms with E-state index in [1.165, 1.54) is 5.09 Å². The van der Waals surface area contributed by atoms with Gasteiger partial charge in [-0.3, -0.25) is 33.5 Å². The van der Waals surface area contributed by atoms with E-state index in [0.29, 0.717) is 0 Å². The van der Waals surface area contributed by atoms with Crippen LogP contribution in [0.3, 0.4) is 0 Å². The van der Waals surface area contributed by atoms with E-state index in [1.807, 2.05) is 4.98 Å². The first kappa shape index (κ1) is 22.9. The molecule has 0 aromatic carbocycles. The molecule has 1 aliphatic heterocycles. The van der Waals surface area contributed by atoms with Gasteiger partial charge in [-0.15, -0.1) is 0 Å². The van der Waals surface area contributed by atoms with E-state index in [-0.39, 0.29) is 0 Å². The summed E-state index contributed by atoms with van der Waals surface area (Å²) >= 11 is 0. The van der Waals surface area contributed by atoms with Crippen LogP contribution in [0.1, 0.15) is 12.6 Å². The van der Waals surface area contributed by atoms with Crippen LogP contribution in [0.15, 0.2) is 21.9 Å². The van der Waals surface area contributed by atoms with Gasteiger partial charge in [-0.1, -0.05) is 0 Å². The summed E-state index contributed by atoms with van der Waals surface area (Å²) in [7, 11) is -4.81. The molecule has 1 unspecified atom stereocenters. The third-order valence-corrected chi connectivity index (χ3v) is 4.86. The van der Waals surface area contributed by atoms with Crippen LogP contribution in [0.2, 0.25) is 0 Å². The maximum Gasteiger partial charge on any atom is 0.432 e. The fourth-order valence-corrected chi connectivity index (χ4v) is 3.29. The molecule has 1 saturated heterocycles. The molecule has 0 saturated carbocycles. The molecule has 15 nitrogen and oxygen atoms in total. The number of aliphatic hydroxyl groups is 2. The Morgan fingerprint density at radius 3 is 2.62 bits per heavy atom. The second-order valence-electron chi connectivity index (χ2n) is 6.06. The van der Waals surface area contributed by atoms with Crippen molar-refractivity contribution in [3.63, 3.8) is 0 Å². The SMILES string of the molecule is N[C@@H](CC(=O)O)C(=O)NP(=O)(O)OC[C@H]1O[C@@H](n2ccc(=O)[nH]c2=O)[C@H](O)[C@@H]1O. The Morgan fingerprint density at radius 1 is 1.38 bits per heavy atom. The molecule has 2 heterocycles. The second kappa shape index (κ2) is 8.96. The summed E-state index contributed by atoms with van der Waals surface area (Å²) in [6.07, 6.45) is -5.89. The van der Waals surface area contributed by atoms with Crippen molar-refractivity contribution in [2.24, 2.45) is 5.73 Å². The lowest BCUT2D eigenvalue weighted by Crippen LogP contribution is -2.41. The Morgan fingerprint density at radius 2 is 2.03 bits per heavy atom. The second-order valence-corrected chi connectivity index (χ2v) is 7.58. The third-order valence-electron chi connectivity index (χ3n) is 3.86. The zero-order valence-electron chi connectivity index (χ0n) is 14.6. The number of nitrogens with two attached hydrogens (primary N) is 1. The maximum atomic E-state index is 11.9. The topological polar surface area (TPSA) is 243 Å². The van der Waals surface area contributed by atoms with Gasteiger partial charge in [0, 0.05) is 12.3 Å². The van der Waals surface area contributed by atoms with Crippen LogP contribution in [0, 0.1) is 0 Å². The van der Waals surface area contributed by atoms with Gasteiger partial charge >= 0.3 is 19.4 Å². The van der Waals surface area contributed by atoms with Gasteiger partial charge in [-0.2, -0.15) is 0 Å². The number of nitrogens with one attached hydrogen (secondary N) is 2. The largest absolute Gasteiger partial charge is 0.481 e. The number of hydrogen-bond acceptors (Lipinski definition) is 10. The van der Waals surface area contributed by atoms with Gasteiger partial charge < -0.3 is 30.7 Å². The van der Waals surface area contributed by atoms with Gasteiger partial charge in [0.05, 0.1) is 19.1 Å². The number of carboxylic acid groups (broad SMARTS) is 1. The van der Waals surface area contributed by atoms with Crippen molar-refractivity contribution in [2.45, 2.75) is 37.0 Å². The number of carbonyl (C=O) groups excluding carboxylic acids is 1. The molecular formula is C13H19N4O11P. The zero-order valence-corrected chi connectivity index (χ0v) is 15.5. The highest BCUT2D eigenvalue weighted by Crippen LogP contribution is 2.39. The van der Waals surface area contributed by atoms with Crippen LogP contribution in [-0.2, 0) is 23.4 Å². The lowest BCUT2D eigenvalue weighted by Gasteiger charge is -2.19. The number of aliphatic carboxylic acids is 1. The highest BCUT2D eigenvalue weighted by molar-refractivity contribution is 7.51. The third kappa shape index (κ3) is 5.80. The van der Waals surface area contributed by atoms with Crippen molar-refractivity contribution in [1.29, 1.82) is 0 Å². The van der Waals surface area contributed by atoms with Crippen molar-refractivity contribution in [3.8, 4) is 0 Å². The van der Waals surface area contributed by atoms with Crippen LogP contribution in [0.5, 0.6) is 0 Å². The Bertz CT molecular complexity index is 930. The molecule has 8 N–H and O–H groups in total. The van der Waals surface area contributed by atoms with Gasteiger partial charge in [0.2, 0.25) is 5.91 Å². The van der Waals surface area contributed by atoms with Crippen LogP contribution >= 0.6 is 7.75 Å². The van der Waals surface area contributed by atoms with Crippen LogP contribution in [0.25, 0.3) is 0 Å². The van der Waals surface area contributed by atoms with Crippen molar-refractivity contribution in [1.82, 2.24) is 14.6 Å². The number of carbonyl (C=O) groups is 2. The van der Waals surface area contributed by atoms with E-state index in [1.54, 1.807) is 0 Å². The van der Waals surface area contributed by atoms with Crippen molar-refractivity contribution < 1.29 is 43.6 Å². The minimum atomic E-state index is -4.81. The van der Waals surface area contributed by atoms with E-state index in [0.717, 1.165) is 16.8 Å². The summed E-state index contributed by atoms with van der Waals surface area (Å²) in [6.45, 7) is -0.797. The molecule has 6 atom stereocenters. The smallest absolute Gasteiger partial charge is 0.432 e. The lowest BCUT2D eigenvalue weighted by molar-refractivity contribution is -0.139. The molecule has 0 bridgehead atoms. The van der Waals surface area contributed by atoms with E-state index in [2.05, 4.69) is 4.52 Å². The number of H-pyrrole nitrogens is 1. The fraction of sp³-hybridized carbons (Fsp3) is 0.538. The van der Waals surface area contributed by atoms with Crippen LogP contribution in [-0.4, -0.2) is 72.6 Å². The van der Waals surface area contributed by atoms with Gasteiger partial charge in [-0.25, -0.2) is 9.36 Å². The van der Waals surface area contributed by atoms with Crippen LogP contribution in [0.4, 0.5) is 0 Å². The number of aliphatic hydroxyl groups excluding tert-OH is 2. The molecule has 1 aliphatic rings. The predicted molar refractivity (Wildman–Crippen MR) is 91.4 cm³/mol. The molecule has 1 amide bonds. The minimum absolute atomic E-state index is 0.697. The molecule has 1 aromatic heterocycles. The Hall–Kier alpha value is -2.39. The highest BCUT2D eigenvalue weighted by atomic mass is 31.2. The number of amides is 1. The number of hydrogen-bond donors (Lipinski definition) is 7. The molecule has 0 radical (unpaired) electrons. The summed E-state index contributed by atoms with van der Waals surface area (Å²) in [5.41, 5.74) is 3.63. The summed E-state index contributed by atoms with van der Waals surface area (Å²) < 4.78 is 22.6. The number of carboxylic acids is 1. The van der Waals surface area contributed by atoms with Crippen molar-refractivity contribution in [2.75, 3.05) is 6.61 Å². The molecule has 1 fully saturated rings. The first-order chi connectivity index (χ1) is 13.4. The number of aromatic nitrogens is 2. The van der Waals surface area contributed by atoms with E-state index >= 15 is 0 Å². The average molecular weight is 438 g/mol. The van der Waals surface area contributed by atoms with Gasteiger partial charge in [-0.05, 0) is 0 Å². The van der Waals surface area contributed by atoms with E-state index in [4.69, 9.17) is 15.6 Å². The highest BCUT2D eigenvalue weighted by Gasteiger charge is 2.45. The average Bonchev–Trinajstić information content (AvgIpc) is 2.87. The van der Waals surface area contributed by atoms with E-state index in [9.17, 15) is 38.8 Å². The molecular weight excluding hydrogens is 419 g/mol. The first-order valence-electron chi connectivity index (χ1n) is 8.01. The molecule has 16 heteroatoms. The molecule has 2 rings (SSSR count). The predicted octanol–water partition coefficient (Wildman–Crippen LogP) is -3.81. The molecule has 1 aromatic rings. The number of ether oxygens (including phenoxy) is 1. The summed E-state index contributed by atoms with van der Waals surface area (Å²) in [5.74, 6) is -2.66. The van der Waals surface area contributed by atoms with Gasteiger partial charge in [0.15, 0.2) is 6.23 Å². The number of nitrogens with zero attached hydrogens (tertiary/aromatic N) is 1. The van der Waals surface area contributed by atoms with Crippen molar-refractivity contribution in [3.05, 3.63) is 33.1 Å². The zero-order chi connectivity index (χ0) is 21.9. The summed E-state index contributed by atoms with van der Waals surface area (Å²) in [5, 5.41) is 30.2. The Balaban J connectivity index is 2.00. The lowest BCUT2D eigenvalue weighted by atomic mass is 10.1. The maximum absolute atomic E-state index is 11.9. The quantitative estimate of drug-likeness (QED) is 0.193. The fourth-order valence-electron chi connectivity index (χ4n) is 2.43.